The monoisotopic (exact) mass is 469 g/mol. The highest BCUT2D eigenvalue weighted by Crippen LogP contribution is 2.25. The maximum Gasteiger partial charge on any atom is 0.0375 e. The first-order chi connectivity index (χ1) is 16.1. The van der Waals surface area contributed by atoms with Gasteiger partial charge in [-0.3, -0.25) is 4.99 Å². The van der Waals surface area contributed by atoms with Crippen LogP contribution in [0.2, 0.25) is 0 Å². The summed E-state index contributed by atoms with van der Waals surface area (Å²) in [6, 6.07) is 0. The van der Waals surface area contributed by atoms with E-state index in [2.05, 4.69) is 75.8 Å². The Morgan fingerprint density at radius 3 is 1.79 bits per heavy atom. The van der Waals surface area contributed by atoms with Gasteiger partial charge in [0.05, 0.1) is 0 Å². The zero-order valence-electron chi connectivity index (χ0n) is 24.0. The molecule has 0 aromatic rings. The molecule has 1 heterocycles. The van der Waals surface area contributed by atoms with Crippen molar-refractivity contribution >= 4 is 5.71 Å². The predicted octanol–water partition coefficient (Wildman–Crippen LogP) is 9.40. The third-order valence-corrected chi connectivity index (χ3v) is 5.99. The van der Waals surface area contributed by atoms with E-state index in [0.717, 1.165) is 25.0 Å². The highest BCUT2D eigenvalue weighted by atomic mass is 15.3. The highest BCUT2D eigenvalue weighted by molar-refractivity contribution is 5.97. The zero-order chi connectivity index (χ0) is 26.4. The Morgan fingerprint density at radius 1 is 0.941 bits per heavy atom. The summed E-state index contributed by atoms with van der Waals surface area (Å²) in [7, 11) is 1.93. The summed E-state index contributed by atoms with van der Waals surface area (Å²) in [4.78, 5) is 4.48. The van der Waals surface area contributed by atoms with Gasteiger partial charge in [-0.25, -0.2) is 0 Å². The smallest absolute Gasteiger partial charge is 0.0375 e. The van der Waals surface area contributed by atoms with Gasteiger partial charge in [0.15, 0.2) is 0 Å². The molecule has 194 valence electrons. The molecule has 0 spiro atoms. The average molecular weight is 470 g/mol. The molecule has 2 N–H and O–H groups in total. The van der Waals surface area contributed by atoms with E-state index in [0.29, 0.717) is 5.92 Å². The Labute approximate surface area is 213 Å². The topological polar surface area (TPSA) is 36.4 Å². The lowest BCUT2D eigenvalue weighted by Gasteiger charge is -2.21. The molecular formula is C31H55N3. The molecular weight excluding hydrogens is 414 g/mol. The summed E-state index contributed by atoms with van der Waals surface area (Å²) in [5.74, 6) is 0.708. The van der Waals surface area contributed by atoms with Crippen LogP contribution in [0, 0.1) is 5.92 Å². The largest absolute Gasteiger partial charge is 0.309 e. The second-order valence-corrected chi connectivity index (χ2v) is 9.23. The van der Waals surface area contributed by atoms with Crippen LogP contribution in [-0.4, -0.2) is 12.8 Å². The Balaban J connectivity index is 0. The Morgan fingerprint density at radius 2 is 1.47 bits per heavy atom. The van der Waals surface area contributed by atoms with Crippen molar-refractivity contribution in [3.05, 3.63) is 71.7 Å². The molecule has 0 radical (unpaired) electrons. The van der Waals surface area contributed by atoms with Gasteiger partial charge in [-0.1, -0.05) is 68.4 Å². The van der Waals surface area contributed by atoms with Crippen LogP contribution in [-0.2, 0) is 0 Å². The normalized spacial score (nSPS) is 16.1. The van der Waals surface area contributed by atoms with Crippen molar-refractivity contribution in [1.29, 1.82) is 0 Å². The molecule has 1 aliphatic carbocycles. The van der Waals surface area contributed by atoms with Gasteiger partial charge >= 0.3 is 0 Å². The van der Waals surface area contributed by atoms with Crippen molar-refractivity contribution in [3.63, 3.8) is 0 Å². The van der Waals surface area contributed by atoms with Crippen LogP contribution in [0.1, 0.15) is 107 Å². The lowest BCUT2D eigenvalue weighted by Crippen LogP contribution is -2.26. The van der Waals surface area contributed by atoms with Crippen molar-refractivity contribution in [1.82, 2.24) is 10.9 Å². The molecule has 1 fully saturated rings. The van der Waals surface area contributed by atoms with Gasteiger partial charge < -0.3 is 10.9 Å². The average Bonchev–Trinajstić information content (AvgIpc) is 2.86. The Kier molecular flexibility index (Phi) is 22.4. The first-order valence-electron chi connectivity index (χ1n) is 13.1. The predicted molar refractivity (Wildman–Crippen MR) is 157 cm³/mol. The minimum absolute atomic E-state index is 0.708. The number of rotatable bonds is 6. The van der Waals surface area contributed by atoms with Gasteiger partial charge in [0, 0.05) is 30.6 Å². The lowest BCUT2D eigenvalue weighted by molar-refractivity contribution is 0.440. The van der Waals surface area contributed by atoms with Crippen LogP contribution >= 0.6 is 0 Å². The van der Waals surface area contributed by atoms with Gasteiger partial charge in [0.25, 0.3) is 0 Å². The summed E-state index contributed by atoms with van der Waals surface area (Å²) >= 11 is 0. The highest BCUT2D eigenvalue weighted by Gasteiger charge is 2.16. The molecule has 0 saturated heterocycles. The van der Waals surface area contributed by atoms with E-state index in [4.69, 9.17) is 0 Å². The van der Waals surface area contributed by atoms with Crippen molar-refractivity contribution in [2.24, 2.45) is 10.9 Å². The van der Waals surface area contributed by atoms with Crippen molar-refractivity contribution < 1.29 is 0 Å². The van der Waals surface area contributed by atoms with E-state index < -0.39 is 0 Å². The van der Waals surface area contributed by atoms with Gasteiger partial charge in [-0.15, -0.1) is 13.2 Å². The number of nitrogens with one attached hydrogen (secondary N) is 2. The van der Waals surface area contributed by atoms with Crippen LogP contribution in [0.15, 0.2) is 76.6 Å². The number of hydrogen-bond acceptors (Lipinski definition) is 3. The van der Waals surface area contributed by atoms with E-state index in [9.17, 15) is 0 Å². The van der Waals surface area contributed by atoms with Gasteiger partial charge in [-0.05, 0) is 85.0 Å². The van der Waals surface area contributed by atoms with Crippen molar-refractivity contribution in [2.75, 3.05) is 7.05 Å². The van der Waals surface area contributed by atoms with Crippen LogP contribution in [0.25, 0.3) is 0 Å². The second kappa shape index (κ2) is 22.5. The fourth-order valence-corrected chi connectivity index (χ4v) is 2.86. The fourth-order valence-electron chi connectivity index (χ4n) is 2.86. The molecule has 3 nitrogen and oxygen atoms in total. The third kappa shape index (κ3) is 20.3. The maximum absolute atomic E-state index is 4.48. The standard InChI is InChI=1S/C16H27N.C5H8N2.2C5H10/c1-5-13(2)14(3)11-12-16(17-4)15-9-7-6-8-10-15;1-5-3-2-4-6-7-5;2*1-4-5(2)3/h11-12,15H,5-10H2,1-4H3;2-4,6-7H,1H3;2*2,4H2,1,3H3/b12-11-,14-13+,17-16?;;;. The molecule has 2 rings (SSSR count). The lowest BCUT2D eigenvalue weighted by atomic mass is 9.85. The van der Waals surface area contributed by atoms with Gasteiger partial charge in [0.1, 0.15) is 0 Å². The molecule has 1 aliphatic heterocycles. The summed E-state index contributed by atoms with van der Waals surface area (Å²) in [6.45, 7) is 24.2. The Bertz CT molecular complexity index is 697. The second-order valence-electron chi connectivity index (χ2n) is 9.23. The minimum Gasteiger partial charge on any atom is -0.309 e. The van der Waals surface area contributed by atoms with Crippen molar-refractivity contribution in [3.8, 4) is 0 Å². The molecule has 0 aromatic carbocycles. The molecule has 0 aromatic heterocycles. The quantitative estimate of drug-likeness (QED) is 0.231. The first-order valence-corrected chi connectivity index (χ1v) is 13.1. The summed E-state index contributed by atoms with van der Waals surface area (Å²) in [6.07, 6.45) is 20.4. The number of aliphatic imine (C=N–C) groups is 1. The molecule has 3 heteroatoms. The number of hydrogen-bond donors (Lipinski definition) is 2. The first kappa shape index (κ1) is 33.9. The van der Waals surface area contributed by atoms with Crippen LogP contribution in [0.3, 0.4) is 0 Å². The number of hydrazine groups is 1. The third-order valence-electron chi connectivity index (χ3n) is 5.99. The molecule has 0 amide bonds. The molecule has 1 saturated carbocycles. The minimum atomic E-state index is 0.708. The van der Waals surface area contributed by atoms with E-state index >= 15 is 0 Å². The van der Waals surface area contributed by atoms with Crippen molar-refractivity contribution in [2.45, 2.75) is 107 Å². The van der Waals surface area contributed by atoms with Gasteiger partial charge in [-0.2, -0.15) is 0 Å². The van der Waals surface area contributed by atoms with Gasteiger partial charge in [0.2, 0.25) is 0 Å². The summed E-state index contributed by atoms with van der Waals surface area (Å²) in [5, 5.41) is 0. The van der Waals surface area contributed by atoms with E-state index in [1.165, 1.54) is 60.1 Å². The Hall–Kier alpha value is -2.29. The maximum atomic E-state index is 4.48. The summed E-state index contributed by atoms with van der Waals surface area (Å²) < 4.78 is 0. The van der Waals surface area contributed by atoms with Crippen LogP contribution in [0.4, 0.5) is 0 Å². The zero-order valence-corrected chi connectivity index (χ0v) is 24.0. The molecule has 0 bridgehead atoms. The number of allylic oxidation sites excluding steroid dienone is 9. The fraction of sp³-hybridized carbons (Fsp3) is 0.581. The summed E-state index contributed by atoms with van der Waals surface area (Å²) in [5.41, 5.74) is 13.6. The van der Waals surface area contributed by atoms with E-state index in [-0.39, 0.29) is 0 Å². The molecule has 0 unspecified atom stereocenters. The van der Waals surface area contributed by atoms with E-state index in [1.807, 2.05) is 46.2 Å². The van der Waals surface area contributed by atoms with Crippen LogP contribution in [0.5, 0.6) is 0 Å². The number of nitrogens with zero attached hydrogens (tertiary/aromatic N) is 1. The molecule has 2 aliphatic rings. The van der Waals surface area contributed by atoms with E-state index in [1.54, 1.807) is 0 Å². The van der Waals surface area contributed by atoms with Crippen LogP contribution < -0.4 is 10.9 Å². The molecule has 34 heavy (non-hydrogen) atoms. The molecule has 0 atom stereocenters. The SMILES string of the molecule is C=C(C)CC.C=C(C)CC.CC/C(C)=C(C)/C=C\C(=NC)C1CCCCC1.CC1=CC=CNN1.